The number of nitrogens with two attached hydrogens (primary N) is 1. The van der Waals surface area contributed by atoms with Gasteiger partial charge >= 0.3 is 6.03 Å². The molecule has 0 aromatic heterocycles. The van der Waals surface area contributed by atoms with E-state index in [4.69, 9.17) is 10.5 Å². The Morgan fingerprint density at radius 3 is 2.45 bits per heavy atom. The van der Waals surface area contributed by atoms with Crippen LogP contribution in [-0.4, -0.2) is 32.3 Å². The first-order valence-corrected chi connectivity index (χ1v) is 7.33. The highest BCUT2D eigenvalue weighted by Gasteiger charge is 2.19. The number of hydrogen-bond acceptors (Lipinski definition) is 3. The molecule has 0 bridgehead atoms. The van der Waals surface area contributed by atoms with E-state index in [2.05, 4.69) is 28.4 Å². The monoisotopic (exact) mass is 297 g/mol. The van der Waals surface area contributed by atoms with Crippen LogP contribution in [0.1, 0.15) is 0 Å². The van der Waals surface area contributed by atoms with Crippen LogP contribution in [-0.2, 0) is 4.74 Å². The van der Waals surface area contributed by atoms with E-state index >= 15 is 0 Å². The molecule has 5 heteroatoms. The molecule has 22 heavy (non-hydrogen) atoms. The first-order valence-electron chi connectivity index (χ1n) is 7.33. The van der Waals surface area contributed by atoms with Gasteiger partial charge in [-0.1, -0.05) is 42.5 Å². The molecule has 0 saturated carbocycles. The molecule has 2 amide bonds. The van der Waals surface area contributed by atoms with Gasteiger partial charge in [-0.25, -0.2) is 4.79 Å². The van der Waals surface area contributed by atoms with Crippen LogP contribution >= 0.6 is 0 Å². The summed E-state index contributed by atoms with van der Waals surface area (Å²) in [4.78, 5) is 13.6. The van der Waals surface area contributed by atoms with E-state index in [9.17, 15) is 4.79 Å². The molecule has 0 radical (unpaired) electrons. The lowest BCUT2D eigenvalue weighted by Gasteiger charge is -2.32. The molecule has 1 fully saturated rings. The molecule has 0 spiro atoms. The lowest BCUT2D eigenvalue weighted by Crippen LogP contribution is -2.37. The van der Waals surface area contributed by atoms with Crippen LogP contribution in [0.15, 0.2) is 48.5 Å². The lowest BCUT2D eigenvalue weighted by molar-refractivity contribution is 0.123. The van der Waals surface area contributed by atoms with Crippen LogP contribution in [0.2, 0.25) is 0 Å². The maximum absolute atomic E-state index is 11.3. The Labute approximate surface area is 129 Å². The number of hydrogen-bond donors (Lipinski definition) is 2. The van der Waals surface area contributed by atoms with Crippen molar-refractivity contribution >= 4 is 17.4 Å². The average Bonchev–Trinajstić information content (AvgIpc) is 2.56. The Bertz CT molecular complexity index is 652. The third-order valence-corrected chi connectivity index (χ3v) is 3.71. The first kappa shape index (κ1) is 14.4. The summed E-state index contributed by atoms with van der Waals surface area (Å²) < 4.78 is 5.43. The Hall–Kier alpha value is -2.53. The standard InChI is InChI=1S/C17H19N3O2/c18-17(21)19-15-8-4-7-14(13-5-2-1-3-6-13)16(15)20-9-11-22-12-10-20/h1-8H,9-12H2,(H3,18,19,21). The van der Waals surface area contributed by atoms with Crippen LogP contribution in [0, 0.1) is 0 Å². The van der Waals surface area contributed by atoms with Gasteiger partial charge in [0.1, 0.15) is 0 Å². The van der Waals surface area contributed by atoms with Gasteiger partial charge in [-0.3, -0.25) is 0 Å². The number of urea groups is 1. The molecular formula is C17H19N3O2. The summed E-state index contributed by atoms with van der Waals surface area (Å²) >= 11 is 0. The van der Waals surface area contributed by atoms with Gasteiger partial charge in [0.25, 0.3) is 0 Å². The number of carbonyl (C=O) groups excluding carboxylic acids is 1. The minimum absolute atomic E-state index is 0.556. The van der Waals surface area contributed by atoms with Gasteiger partial charge in [0, 0.05) is 18.7 Å². The van der Waals surface area contributed by atoms with Crippen LogP contribution in [0.5, 0.6) is 0 Å². The van der Waals surface area contributed by atoms with Crippen molar-refractivity contribution in [3.8, 4) is 11.1 Å². The van der Waals surface area contributed by atoms with Gasteiger partial charge in [-0.2, -0.15) is 0 Å². The van der Waals surface area contributed by atoms with E-state index in [0.717, 1.165) is 35.6 Å². The second kappa shape index (κ2) is 6.49. The topological polar surface area (TPSA) is 67.6 Å². The maximum atomic E-state index is 11.3. The molecule has 2 aromatic rings. The summed E-state index contributed by atoms with van der Waals surface area (Å²) in [5.74, 6) is 0. The molecule has 0 unspecified atom stereocenters. The van der Waals surface area contributed by atoms with Gasteiger partial charge in [-0.15, -0.1) is 0 Å². The van der Waals surface area contributed by atoms with Gasteiger partial charge in [-0.05, 0) is 11.6 Å². The second-order valence-corrected chi connectivity index (χ2v) is 5.16. The number of para-hydroxylation sites is 1. The lowest BCUT2D eigenvalue weighted by atomic mass is 10.0. The first-order chi connectivity index (χ1) is 10.8. The third kappa shape index (κ3) is 3.04. The van der Waals surface area contributed by atoms with Crippen molar-refractivity contribution in [1.82, 2.24) is 0 Å². The van der Waals surface area contributed by atoms with E-state index in [1.54, 1.807) is 0 Å². The van der Waals surface area contributed by atoms with Crippen LogP contribution < -0.4 is 16.0 Å². The number of rotatable bonds is 3. The molecule has 0 aliphatic carbocycles. The highest BCUT2D eigenvalue weighted by Crippen LogP contribution is 2.37. The Balaban J connectivity index is 2.10. The summed E-state index contributed by atoms with van der Waals surface area (Å²) in [6.45, 7) is 2.94. The maximum Gasteiger partial charge on any atom is 0.316 e. The molecule has 3 rings (SSSR count). The minimum atomic E-state index is -0.556. The van der Waals surface area contributed by atoms with Crippen molar-refractivity contribution in [3.05, 3.63) is 48.5 Å². The zero-order valence-electron chi connectivity index (χ0n) is 12.3. The van der Waals surface area contributed by atoms with Gasteiger partial charge in [0.15, 0.2) is 0 Å². The number of ether oxygens (including phenoxy) is 1. The van der Waals surface area contributed by atoms with E-state index in [-0.39, 0.29) is 0 Å². The van der Waals surface area contributed by atoms with E-state index in [1.807, 2.05) is 30.3 Å². The van der Waals surface area contributed by atoms with Crippen molar-refractivity contribution in [1.29, 1.82) is 0 Å². The number of amides is 2. The van der Waals surface area contributed by atoms with Gasteiger partial charge in [0.2, 0.25) is 0 Å². The third-order valence-electron chi connectivity index (χ3n) is 3.71. The van der Waals surface area contributed by atoms with Crippen molar-refractivity contribution in [2.45, 2.75) is 0 Å². The molecule has 1 aliphatic heterocycles. The van der Waals surface area contributed by atoms with Crippen LogP contribution in [0.25, 0.3) is 11.1 Å². The fourth-order valence-corrected chi connectivity index (χ4v) is 2.76. The van der Waals surface area contributed by atoms with Crippen LogP contribution in [0.4, 0.5) is 16.2 Å². The quantitative estimate of drug-likeness (QED) is 0.915. The number of nitrogens with zero attached hydrogens (tertiary/aromatic N) is 1. The van der Waals surface area contributed by atoms with E-state index in [0.29, 0.717) is 13.2 Å². The normalized spacial score (nSPS) is 14.6. The predicted molar refractivity (Wildman–Crippen MR) is 88.1 cm³/mol. The summed E-state index contributed by atoms with van der Waals surface area (Å²) in [5, 5.41) is 2.74. The highest BCUT2D eigenvalue weighted by atomic mass is 16.5. The van der Waals surface area contributed by atoms with Crippen LogP contribution in [0.3, 0.4) is 0 Å². The molecular weight excluding hydrogens is 278 g/mol. The number of carbonyl (C=O) groups is 1. The highest BCUT2D eigenvalue weighted by molar-refractivity contribution is 5.97. The number of primary amides is 1. The SMILES string of the molecule is NC(=O)Nc1cccc(-c2ccccc2)c1N1CCOCC1. The predicted octanol–water partition coefficient (Wildman–Crippen LogP) is 2.68. The number of morpholine rings is 1. The summed E-state index contributed by atoms with van der Waals surface area (Å²) in [5.41, 5.74) is 9.23. The zero-order chi connectivity index (χ0) is 15.4. The number of benzene rings is 2. The fraction of sp³-hybridized carbons (Fsp3) is 0.235. The minimum Gasteiger partial charge on any atom is -0.378 e. The fourth-order valence-electron chi connectivity index (χ4n) is 2.76. The van der Waals surface area contributed by atoms with Crippen molar-refractivity contribution < 1.29 is 9.53 Å². The number of nitrogens with one attached hydrogen (secondary N) is 1. The molecule has 5 nitrogen and oxygen atoms in total. The van der Waals surface area contributed by atoms with E-state index < -0.39 is 6.03 Å². The van der Waals surface area contributed by atoms with Gasteiger partial charge < -0.3 is 20.7 Å². The average molecular weight is 297 g/mol. The van der Waals surface area contributed by atoms with Crippen molar-refractivity contribution in [3.63, 3.8) is 0 Å². The zero-order valence-corrected chi connectivity index (χ0v) is 12.3. The molecule has 2 aromatic carbocycles. The Morgan fingerprint density at radius 2 is 1.77 bits per heavy atom. The molecule has 114 valence electrons. The molecule has 3 N–H and O–H groups in total. The molecule has 1 aliphatic rings. The van der Waals surface area contributed by atoms with Crippen molar-refractivity contribution in [2.75, 3.05) is 36.5 Å². The smallest absolute Gasteiger partial charge is 0.316 e. The Morgan fingerprint density at radius 1 is 1.05 bits per heavy atom. The van der Waals surface area contributed by atoms with Crippen molar-refractivity contribution in [2.24, 2.45) is 5.73 Å². The van der Waals surface area contributed by atoms with Gasteiger partial charge in [0.05, 0.1) is 24.6 Å². The summed E-state index contributed by atoms with van der Waals surface area (Å²) in [6, 6.07) is 15.4. The largest absolute Gasteiger partial charge is 0.378 e. The van der Waals surface area contributed by atoms with E-state index in [1.165, 1.54) is 0 Å². The number of anilines is 2. The molecule has 1 heterocycles. The molecule has 0 atom stereocenters. The summed E-state index contributed by atoms with van der Waals surface area (Å²) in [6.07, 6.45) is 0. The Kier molecular flexibility index (Phi) is 4.25. The second-order valence-electron chi connectivity index (χ2n) is 5.16. The molecule has 1 saturated heterocycles. The summed E-state index contributed by atoms with van der Waals surface area (Å²) in [7, 11) is 0.